The van der Waals surface area contributed by atoms with Gasteiger partial charge >= 0.3 is 5.97 Å². The summed E-state index contributed by atoms with van der Waals surface area (Å²) in [4.78, 5) is 15.9. The van der Waals surface area contributed by atoms with E-state index >= 15 is 0 Å². The number of carboxylic acids is 1. The van der Waals surface area contributed by atoms with E-state index in [4.69, 9.17) is 0 Å². The van der Waals surface area contributed by atoms with Crippen molar-refractivity contribution in [3.05, 3.63) is 75.6 Å². The van der Waals surface area contributed by atoms with Crippen LogP contribution in [0.2, 0.25) is 0 Å². The van der Waals surface area contributed by atoms with E-state index in [-0.39, 0.29) is 5.56 Å². The Bertz CT molecular complexity index is 981. The van der Waals surface area contributed by atoms with Gasteiger partial charge in [-0.25, -0.2) is 9.78 Å². The van der Waals surface area contributed by atoms with Gasteiger partial charge in [0.15, 0.2) is 0 Å². The number of nitrogens with one attached hydrogen (secondary N) is 1. The van der Waals surface area contributed by atoms with Crippen molar-refractivity contribution in [2.24, 2.45) is 5.10 Å². The summed E-state index contributed by atoms with van der Waals surface area (Å²) < 4.78 is 2.84. The number of carboxylic acid groups (broad SMARTS) is 1. The second-order valence-corrected chi connectivity index (χ2v) is 6.58. The molecule has 0 aliphatic rings. The maximum Gasteiger partial charge on any atom is 0.338 e. The van der Waals surface area contributed by atoms with Gasteiger partial charge in [0.25, 0.3) is 0 Å². The molecular weight excluding hydrogens is 396 g/mol. The molecule has 0 spiro atoms. The number of anilines is 1. The van der Waals surface area contributed by atoms with Gasteiger partial charge in [-0.15, -0.1) is 0 Å². The number of carbonyl (C=O) groups is 1. The van der Waals surface area contributed by atoms with Crippen LogP contribution in [0, 0.1) is 13.8 Å². The number of pyridine rings is 1. The first-order valence-corrected chi connectivity index (χ1v) is 8.69. The predicted molar refractivity (Wildman–Crippen MR) is 105 cm³/mol. The van der Waals surface area contributed by atoms with E-state index in [0.29, 0.717) is 17.1 Å². The summed E-state index contributed by atoms with van der Waals surface area (Å²) in [6, 6.07) is 13.1. The molecule has 2 N–H and O–H groups in total. The van der Waals surface area contributed by atoms with Crippen LogP contribution in [0.1, 0.15) is 27.3 Å². The van der Waals surface area contributed by atoms with Crippen molar-refractivity contribution in [1.29, 1.82) is 0 Å². The zero-order valence-corrected chi connectivity index (χ0v) is 15.9. The molecule has 0 aliphatic carbocycles. The zero-order valence-electron chi connectivity index (χ0n) is 14.3. The van der Waals surface area contributed by atoms with Gasteiger partial charge < -0.3 is 9.67 Å². The van der Waals surface area contributed by atoms with E-state index in [1.165, 1.54) is 6.21 Å². The number of nitrogens with zero attached hydrogens (tertiary/aromatic N) is 3. The first-order valence-electron chi connectivity index (χ1n) is 7.90. The average molecular weight is 413 g/mol. The Morgan fingerprint density at radius 2 is 2.04 bits per heavy atom. The van der Waals surface area contributed by atoms with Crippen molar-refractivity contribution in [3.63, 3.8) is 0 Å². The summed E-state index contributed by atoms with van der Waals surface area (Å²) in [6.07, 6.45) is 3.18. The normalized spacial score (nSPS) is 11.0. The minimum atomic E-state index is -0.987. The minimum absolute atomic E-state index is 0.231. The van der Waals surface area contributed by atoms with Crippen LogP contribution in [0.25, 0.3) is 5.69 Å². The number of benzene rings is 1. The fourth-order valence-corrected chi connectivity index (χ4v) is 3.27. The SMILES string of the molecule is Cc1c(C=NNc2ccccn2)c(C(=O)O)c(C)n1-c1cccc(Br)c1. The van der Waals surface area contributed by atoms with E-state index < -0.39 is 5.97 Å². The Kier molecular flexibility index (Phi) is 5.18. The number of hydrazone groups is 1. The van der Waals surface area contributed by atoms with Crippen LogP contribution in [-0.4, -0.2) is 26.8 Å². The van der Waals surface area contributed by atoms with Gasteiger partial charge in [0.2, 0.25) is 0 Å². The van der Waals surface area contributed by atoms with Gasteiger partial charge in [0.05, 0.1) is 11.8 Å². The standard InChI is InChI=1S/C19H17BrN4O2/c1-12-16(11-22-23-17-8-3-4-9-21-17)18(19(25)26)13(2)24(12)15-7-5-6-14(20)10-15/h3-11H,1-2H3,(H,21,23)(H,25,26). The molecule has 0 aliphatic heterocycles. The first-order chi connectivity index (χ1) is 12.5. The molecule has 0 fully saturated rings. The Balaban J connectivity index is 2.04. The lowest BCUT2D eigenvalue weighted by molar-refractivity contribution is 0.0696. The van der Waals surface area contributed by atoms with Gasteiger partial charge in [0, 0.05) is 33.3 Å². The van der Waals surface area contributed by atoms with E-state index in [1.807, 2.05) is 47.9 Å². The summed E-state index contributed by atoms with van der Waals surface area (Å²) in [5, 5.41) is 13.8. The molecule has 0 atom stereocenters. The summed E-state index contributed by atoms with van der Waals surface area (Å²) in [5.74, 6) is -0.403. The van der Waals surface area contributed by atoms with Crippen molar-refractivity contribution in [2.75, 3.05) is 5.43 Å². The van der Waals surface area contributed by atoms with Crippen LogP contribution in [0.5, 0.6) is 0 Å². The second-order valence-electron chi connectivity index (χ2n) is 5.66. The number of hydrogen-bond donors (Lipinski definition) is 2. The maximum atomic E-state index is 11.8. The van der Waals surface area contributed by atoms with E-state index in [2.05, 4.69) is 31.4 Å². The monoisotopic (exact) mass is 412 g/mol. The molecule has 0 bridgehead atoms. The fraction of sp³-hybridized carbons (Fsp3) is 0.105. The second kappa shape index (κ2) is 7.53. The lowest BCUT2D eigenvalue weighted by Gasteiger charge is -2.10. The molecule has 132 valence electrons. The van der Waals surface area contributed by atoms with Crippen LogP contribution in [0.4, 0.5) is 5.82 Å². The molecule has 0 saturated carbocycles. The summed E-state index contributed by atoms with van der Waals surface area (Å²) in [5.41, 5.74) is 5.92. The highest BCUT2D eigenvalue weighted by molar-refractivity contribution is 9.10. The quantitative estimate of drug-likeness (QED) is 0.480. The molecule has 0 amide bonds. The van der Waals surface area contributed by atoms with E-state index in [9.17, 15) is 9.90 Å². The van der Waals surface area contributed by atoms with Crippen LogP contribution in [0.15, 0.2) is 58.2 Å². The average Bonchev–Trinajstić information content (AvgIpc) is 2.86. The lowest BCUT2D eigenvalue weighted by Crippen LogP contribution is -2.03. The number of hydrogen-bond acceptors (Lipinski definition) is 4. The highest BCUT2D eigenvalue weighted by Gasteiger charge is 2.22. The van der Waals surface area contributed by atoms with Crippen LogP contribution in [0.3, 0.4) is 0 Å². The predicted octanol–water partition coefficient (Wildman–Crippen LogP) is 4.40. The van der Waals surface area contributed by atoms with Crippen molar-refractivity contribution in [1.82, 2.24) is 9.55 Å². The van der Waals surface area contributed by atoms with Gasteiger partial charge in [-0.1, -0.05) is 28.1 Å². The summed E-state index contributed by atoms with van der Waals surface area (Å²) in [7, 11) is 0. The molecule has 3 rings (SSSR count). The van der Waals surface area contributed by atoms with Crippen molar-refractivity contribution < 1.29 is 9.90 Å². The molecule has 1 aromatic carbocycles. The van der Waals surface area contributed by atoms with Gasteiger partial charge in [-0.3, -0.25) is 5.43 Å². The van der Waals surface area contributed by atoms with Crippen molar-refractivity contribution in [2.45, 2.75) is 13.8 Å². The Morgan fingerprint density at radius 1 is 1.23 bits per heavy atom. The van der Waals surface area contributed by atoms with E-state index in [0.717, 1.165) is 15.9 Å². The highest BCUT2D eigenvalue weighted by Crippen LogP contribution is 2.26. The zero-order chi connectivity index (χ0) is 18.7. The Labute approximate surface area is 159 Å². The summed E-state index contributed by atoms with van der Waals surface area (Å²) in [6.45, 7) is 3.67. The van der Waals surface area contributed by atoms with Crippen LogP contribution >= 0.6 is 15.9 Å². The minimum Gasteiger partial charge on any atom is -0.478 e. The van der Waals surface area contributed by atoms with Gasteiger partial charge in [0.1, 0.15) is 5.82 Å². The molecule has 7 heteroatoms. The third-order valence-corrected chi connectivity index (χ3v) is 4.50. The third kappa shape index (κ3) is 3.52. The molecule has 6 nitrogen and oxygen atoms in total. The lowest BCUT2D eigenvalue weighted by atomic mass is 10.1. The van der Waals surface area contributed by atoms with Crippen LogP contribution < -0.4 is 5.43 Å². The molecule has 3 aromatic rings. The molecule has 0 radical (unpaired) electrons. The number of aromatic carboxylic acids is 1. The van der Waals surface area contributed by atoms with E-state index in [1.54, 1.807) is 19.2 Å². The molecular formula is C19H17BrN4O2. The number of rotatable bonds is 5. The van der Waals surface area contributed by atoms with Crippen LogP contribution in [-0.2, 0) is 0 Å². The Morgan fingerprint density at radius 3 is 2.69 bits per heavy atom. The first kappa shape index (κ1) is 17.9. The maximum absolute atomic E-state index is 11.8. The molecule has 2 aromatic heterocycles. The third-order valence-electron chi connectivity index (χ3n) is 4.01. The fourth-order valence-electron chi connectivity index (χ4n) is 2.88. The Hall–Kier alpha value is -2.93. The molecule has 2 heterocycles. The van der Waals surface area contributed by atoms with Crippen molar-refractivity contribution in [3.8, 4) is 5.69 Å². The number of halogens is 1. The summed E-state index contributed by atoms with van der Waals surface area (Å²) >= 11 is 3.46. The largest absolute Gasteiger partial charge is 0.478 e. The highest BCUT2D eigenvalue weighted by atomic mass is 79.9. The molecule has 26 heavy (non-hydrogen) atoms. The molecule has 0 saturated heterocycles. The number of aromatic nitrogens is 2. The van der Waals surface area contributed by atoms with Gasteiger partial charge in [-0.05, 0) is 44.2 Å². The smallest absolute Gasteiger partial charge is 0.338 e. The van der Waals surface area contributed by atoms with Crippen molar-refractivity contribution >= 4 is 33.9 Å². The van der Waals surface area contributed by atoms with Gasteiger partial charge in [-0.2, -0.15) is 5.10 Å². The topological polar surface area (TPSA) is 79.5 Å². The molecule has 0 unspecified atom stereocenters.